The average Bonchev–Trinajstić information content (AvgIpc) is 2.45. The Morgan fingerprint density at radius 2 is 1.95 bits per heavy atom. The van der Waals surface area contributed by atoms with Crippen LogP contribution in [0.4, 0.5) is 11.4 Å². The van der Waals surface area contributed by atoms with Crippen LogP contribution in [0.2, 0.25) is 5.02 Å². The van der Waals surface area contributed by atoms with Crippen molar-refractivity contribution in [2.24, 2.45) is 0 Å². The molecule has 3 nitrogen and oxygen atoms in total. The molecule has 0 aliphatic carbocycles. The zero-order chi connectivity index (χ0) is 14.5. The molecular formula is C16H16ClN3. The summed E-state index contributed by atoms with van der Waals surface area (Å²) in [4.78, 5) is 1.98. The van der Waals surface area contributed by atoms with Crippen molar-refractivity contribution in [2.45, 2.75) is 6.54 Å². The Balaban J connectivity index is 2.19. The number of hydrogen-bond donors (Lipinski definition) is 1. The number of halogens is 1. The fraction of sp³-hybridized carbons (Fsp3) is 0.188. The molecule has 2 rings (SSSR count). The summed E-state index contributed by atoms with van der Waals surface area (Å²) in [7, 11) is 3.92. The van der Waals surface area contributed by atoms with E-state index >= 15 is 0 Å². The van der Waals surface area contributed by atoms with Gasteiger partial charge in [0.1, 0.15) is 0 Å². The molecule has 0 bridgehead atoms. The van der Waals surface area contributed by atoms with Gasteiger partial charge in [-0.1, -0.05) is 29.8 Å². The number of benzene rings is 2. The second-order valence-electron chi connectivity index (χ2n) is 4.70. The van der Waals surface area contributed by atoms with E-state index in [4.69, 9.17) is 16.9 Å². The summed E-state index contributed by atoms with van der Waals surface area (Å²) in [5.41, 5.74) is 3.67. The molecule has 0 aromatic heterocycles. The Kier molecular flexibility index (Phi) is 4.49. The van der Waals surface area contributed by atoms with Gasteiger partial charge in [0.15, 0.2) is 0 Å². The van der Waals surface area contributed by atoms with E-state index < -0.39 is 0 Å². The number of nitrogens with one attached hydrogen (secondary N) is 1. The normalized spacial score (nSPS) is 9.90. The van der Waals surface area contributed by atoms with Crippen molar-refractivity contribution in [3.63, 3.8) is 0 Å². The monoisotopic (exact) mass is 285 g/mol. The van der Waals surface area contributed by atoms with Crippen LogP contribution < -0.4 is 10.2 Å². The highest BCUT2D eigenvalue weighted by atomic mass is 35.5. The molecule has 0 atom stereocenters. The molecule has 0 amide bonds. The largest absolute Gasteiger partial charge is 0.379 e. The molecule has 0 aliphatic heterocycles. The van der Waals surface area contributed by atoms with E-state index in [1.165, 1.54) is 0 Å². The van der Waals surface area contributed by atoms with Crippen LogP contribution in [0.3, 0.4) is 0 Å². The van der Waals surface area contributed by atoms with Crippen LogP contribution in [0.15, 0.2) is 42.5 Å². The third kappa shape index (κ3) is 3.23. The minimum absolute atomic E-state index is 0.650. The van der Waals surface area contributed by atoms with Gasteiger partial charge in [0, 0.05) is 20.6 Å². The fourth-order valence-electron chi connectivity index (χ4n) is 2.06. The van der Waals surface area contributed by atoms with E-state index in [1.807, 2.05) is 55.4 Å². The lowest BCUT2D eigenvalue weighted by Crippen LogP contribution is -2.12. The highest BCUT2D eigenvalue weighted by Gasteiger charge is 2.08. The van der Waals surface area contributed by atoms with Gasteiger partial charge in [-0.15, -0.1) is 0 Å². The van der Waals surface area contributed by atoms with Crippen LogP contribution in [0.1, 0.15) is 11.1 Å². The highest BCUT2D eigenvalue weighted by molar-refractivity contribution is 6.34. The first kappa shape index (κ1) is 14.2. The molecule has 0 fully saturated rings. The van der Waals surface area contributed by atoms with E-state index in [9.17, 15) is 0 Å². The Labute approximate surface area is 124 Å². The first-order chi connectivity index (χ1) is 9.61. The summed E-state index contributed by atoms with van der Waals surface area (Å²) >= 11 is 6.23. The van der Waals surface area contributed by atoms with Crippen molar-refractivity contribution < 1.29 is 0 Å². The van der Waals surface area contributed by atoms with Crippen LogP contribution in [0, 0.1) is 11.3 Å². The van der Waals surface area contributed by atoms with Gasteiger partial charge in [-0.2, -0.15) is 5.26 Å². The number of nitrogens with zero attached hydrogens (tertiary/aromatic N) is 2. The topological polar surface area (TPSA) is 39.1 Å². The predicted molar refractivity (Wildman–Crippen MR) is 84.3 cm³/mol. The van der Waals surface area contributed by atoms with Gasteiger partial charge in [0.05, 0.1) is 28.0 Å². The van der Waals surface area contributed by atoms with Crippen LogP contribution >= 0.6 is 11.6 Å². The molecule has 2 aromatic carbocycles. The molecule has 0 radical (unpaired) electrons. The Hall–Kier alpha value is -2.18. The van der Waals surface area contributed by atoms with Crippen LogP contribution in [-0.4, -0.2) is 14.1 Å². The average molecular weight is 286 g/mol. The standard InChI is InChI=1S/C16H16ClN3/c1-20(2)16-14(17)7-4-8-15(16)19-11-13-6-3-5-12(9-13)10-18/h3-9,19H,11H2,1-2H3. The molecule has 0 aliphatic rings. The van der Waals surface area contributed by atoms with Crippen molar-refractivity contribution >= 4 is 23.0 Å². The van der Waals surface area contributed by atoms with Gasteiger partial charge >= 0.3 is 0 Å². The smallest absolute Gasteiger partial charge is 0.0991 e. The summed E-state index contributed by atoms with van der Waals surface area (Å²) in [6.07, 6.45) is 0. The molecule has 2 aromatic rings. The molecule has 4 heteroatoms. The molecule has 0 saturated heterocycles. The Morgan fingerprint density at radius 3 is 2.65 bits per heavy atom. The maximum atomic E-state index is 8.91. The molecule has 0 unspecified atom stereocenters. The van der Waals surface area contributed by atoms with Crippen molar-refractivity contribution in [2.75, 3.05) is 24.3 Å². The lowest BCUT2D eigenvalue weighted by molar-refractivity contribution is 1.10. The zero-order valence-corrected chi connectivity index (χ0v) is 12.3. The summed E-state index contributed by atoms with van der Waals surface area (Å²) in [6, 6.07) is 15.5. The maximum Gasteiger partial charge on any atom is 0.0991 e. The number of para-hydroxylation sites is 1. The van der Waals surface area contributed by atoms with Crippen molar-refractivity contribution in [1.82, 2.24) is 0 Å². The zero-order valence-electron chi connectivity index (χ0n) is 11.5. The van der Waals surface area contributed by atoms with Crippen molar-refractivity contribution in [1.29, 1.82) is 5.26 Å². The molecule has 0 heterocycles. The van der Waals surface area contributed by atoms with E-state index in [1.54, 1.807) is 6.07 Å². The number of nitriles is 1. The SMILES string of the molecule is CN(C)c1c(Cl)cccc1NCc1cccc(C#N)c1. The van der Waals surface area contributed by atoms with E-state index in [-0.39, 0.29) is 0 Å². The van der Waals surface area contributed by atoms with Crippen LogP contribution in [0.5, 0.6) is 0 Å². The quantitative estimate of drug-likeness (QED) is 0.926. The van der Waals surface area contributed by atoms with E-state index in [0.717, 1.165) is 16.9 Å². The lowest BCUT2D eigenvalue weighted by Gasteiger charge is -2.20. The second kappa shape index (κ2) is 6.31. The number of rotatable bonds is 4. The Bertz CT molecular complexity index is 644. The molecule has 1 N–H and O–H groups in total. The third-order valence-electron chi connectivity index (χ3n) is 2.97. The van der Waals surface area contributed by atoms with E-state index in [2.05, 4.69) is 11.4 Å². The Morgan fingerprint density at radius 1 is 1.20 bits per heavy atom. The van der Waals surface area contributed by atoms with Gasteiger partial charge in [0.25, 0.3) is 0 Å². The molecular weight excluding hydrogens is 270 g/mol. The van der Waals surface area contributed by atoms with Gasteiger partial charge in [-0.05, 0) is 29.8 Å². The third-order valence-corrected chi connectivity index (χ3v) is 3.28. The number of hydrogen-bond acceptors (Lipinski definition) is 3. The van der Waals surface area contributed by atoms with Gasteiger partial charge in [-0.3, -0.25) is 0 Å². The molecule has 20 heavy (non-hydrogen) atoms. The van der Waals surface area contributed by atoms with Gasteiger partial charge in [-0.25, -0.2) is 0 Å². The second-order valence-corrected chi connectivity index (χ2v) is 5.10. The summed E-state index contributed by atoms with van der Waals surface area (Å²) in [5.74, 6) is 0. The highest BCUT2D eigenvalue weighted by Crippen LogP contribution is 2.32. The van der Waals surface area contributed by atoms with Crippen LogP contribution in [0.25, 0.3) is 0 Å². The molecule has 0 spiro atoms. The van der Waals surface area contributed by atoms with Crippen molar-refractivity contribution in [3.05, 3.63) is 58.6 Å². The lowest BCUT2D eigenvalue weighted by atomic mass is 10.1. The minimum atomic E-state index is 0.650. The van der Waals surface area contributed by atoms with E-state index in [0.29, 0.717) is 17.1 Å². The fourth-order valence-corrected chi connectivity index (χ4v) is 2.40. The molecule has 102 valence electrons. The summed E-state index contributed by atoms with van der Waals surface area (Å²) in [6.45, 7) is 0.650. The maximum absolute atomic E-state index is 8.91. The van der Waals surface area contributed by atoms with Gasteiger partial charge in [0.2, 0.25) is 0 Å². The minimum Gasteiger partial charge on any atom is -0.379 e. The number of anilines is 2. The summed E-state index contributed by atoms with van der Waals surface area (Å²) in [5, 5.41) is 13.0. The van der Waals surface area contributed by atoms with Crippen molar-refractivity contribution in [3.8, 4) is 6.07 Å². The van der Waals surface area contributed by atoms with Gasteiger partial charge < -0.3 is 10.2 Å². The summed E-state index contributed by atoms with van der Waals surface area (Å²) < 4.78 is 0. The van der Waals surface area contributed by atoms with Crippen LogP contribution in [-0.2, 0) is 6.54 Å². The first-order valence-electron chi connectivity index (χ1n) is 6.30. The molecule has 0 saturated carbocycles. The first-order valence-corrected chi connectivity index (χ1v) is 6.68. The predicted octanol–water partition coefficient (Wildman–Crippen LogP) is 3.89.